The van der Waals surface area contributed by atoms with E-state index in [1.807, 2.05) is 24.3 Å². The Morgan fingerprint density at radius 2 is 2.00 bits per heavy atom. The molecule has 1 aromatic heterocycles. The Hall–Kier alpha value is -2.41. The topological polar surface area (TPSA) is 81.2 Å². The fourth-order valence-electron chi connectivity index (χ4n) is 1.92. The van der Waals surface area contributed by atoms with Crippen LogP contribution in [0.2, 0.25) is 0 Å². The van der Waals surface area contributed by atoms with Crippen LogP contribution in [0, 0.1) is 0 Å². The van der Waals surface area contributed by atoms with Gasteiger partial charge in [-0.05, 0) is 12.5 Å². The van der Waals surface area contributed by atoms with Crippen molar-refractivity contribution in [1.29, 1.82) is 0 Å². The van der Waals surface area contributed by atoms with Crippen molar-refractivity contribution in [2.75, 3.05) is 38.0 Å². The van der Waals surface area contributed by atoms with E-state index in [1.54, 1.807) is 20.4 Å². The molecule has 2 aromatic rings. The average Bonchev–Trinajstić information content (AvgIpc) is 2.57. The van der Waals surface area contributed by atoms with Crippen molar-refractivity contribution in [2.45, 2.75) is 13.0 Å². The maximum Gasteiger partial charge on any atom is 0.244 e. The third-order valence-electron chi connectivity index (χ3n) is 3.02. The Morgan fingerprint density at radius 1 is 1.14 bits per heavy atom. The lowest BCUT2D eigenvalue weighted by molar-refractivity contribution is 0.197. The molecule has 2 rings (SSSR count). The Bertz CT molecular complexity index is 579. The van der Waals surface area contributed by atoms with Crippen molar-refractivity contribution in [1.82, 2.24) is 15.2 Å². The quantitative estimate of drug-likeness (QED) is 0.685. The van der Waals surface area contributed by atoms with Crippen molar-refractivity contribution in [3.8, 4) is 5.75 Å². The van der Waals surface area contributed by atoms with Crippen molar-refractivity contribution >= 4 is 11.8 Å². The maximum atomic E-state index is 5.31. The van der Waals surface area contributed by atoms with Gasteiger partial charge in [-0.15, -0.1) is 5.10 Å². The van der Waals surface area contributed by atoms with Crippen LogP contribution in [-0.2, 0) is 11.3 Å². The normalized spacial score (nSPS) is 10.3. The van der Waals surface area contributed by atoms with Gasteiger partial charge in [-0.25, -0.2) is 0 Å². The lowest BCUT2D eigenvalue weighted by Crippen LogP contribution is -2.10. The second-order valence-corrected chi connectivity index (χ2v) is 4.60. The van der Waals surface area contributed by atoms with Crippen LogP contribution in [0.5, 0.6) is 5.75 Å². The van der Waals surface area contributed by atoms with Gasteiger partial charge in [-0.2, -0.15) is 10.1 Å². The number of benzene rings is 1. The van der Waals surface area contributed by atoms with Gasteiger partial charge in [-0.3, -0.25) is 0 Å². The molecule has 0 amide bonds. The van der Waals surface area contributed by atoms with E-state index in [0.717, 1.165) is 24.3 Å². The van der Waals surface area contributed by atoms with Crippen LogP contribution in [-0.4, -0.2) is 42.6 Å². The standard InChI is InChI=1S/C15H21N5O2/c1-21-9-5-8-16-14-11-18-20-15(19-14)17-10-12-6-3-4-7-13(12)22-2/h3-4,6-7,11H,5,8-10H2,1-2H3,(H2,16,17,19,20). The first kappa shape index (κ1) is 16.0. The monoisotopic (exact) mass is 303 g/mol. The molecule has 0 spiro atoms. The van der Waals surface area contributed by atoms with E-state index >= 15 is 0 Å². The molecule has 0 radical (unpaired) electrons. The summed E-state index contributed by atoms with van der Waals surface area (Å²) < 4.78 is 10.3. The summed E-state index contributed by atoms with van der Waals surface area (Å²) in [7, 11) is 3.34. The van der Waals surface area contributed by atoms with Crippen molar-refractivity contribution < 1.29 is 9.47 Å². The molecule has 7 heteroatoms. The summed E-state index contributed by atoms with van der Waals surface area (Å²) in [5, 5.41) is 14.2. The van der Waals surface area contributed by atoms with Crippen LogP contribution >= 0.6 is 0 Å². The minimum atomic E-state index is 0.475. The largest absolute Gasteiger partial charge is 0.496 e. The zero-order valence-electron chi connectivity index (χ0n) is 12.9. The minimum absolute atomic E-state index is 0.475. The van der Waals surface area contributed by atoms with Gasteiger partial charge in [0.05, 0.1) is 13.3 Å². The molecular weight excluding hydrogens is 282 g/mol. The third-order valence-corrected chi connectivity index (χ3v) is 3.02. The van der Waals surface area contributed by atoms with E-state index in [9.17, 15) is 0 Å². The first-order valence-corrected chi connectivity index (χ1v) is 7.12. The molecule has 0 saturated carbocycles. The van der Waals surface area contributed by atoms with Gasteiger partial charge in [0.1, 0.15) is 5.75 Å². The second kappa shape index (κ2) is 8.78. The van der Waals surface area contributed by atoms with Crippen LogP contribution in [0.1, 0.15) is 12.0 Å². The van der Waals surface area contributed by atoms with Crippen molar-refractivity contribution in [3.05, 3.63) is 36.0 Å². The Labute approximate surface area is 130 Å². The molecule has 0 saturated heterocycles. The number of rotatable bonds is 9. The molecule has 0 aliphatic rings. The predicted molar refractivity (Wildman–Crippen MR) is 85.1 cm³/mol. The van der Waals surface area contributed by atoms with Crippen molar-refractivity contribution in [2.24, 2.45) is 0 Å². The van der Waals surface area contributed by atoms with E-state index in [-0.39, 0.29) is 0 Å². The molecule has 0 aliphatic carbocycles. The highest BCUT2D eigenvalue weighted by atomic mass is 16.5. The van der Waals surface area contributed by atoms with E-state index in [2.05, 4.69) is 25.8 Å². The summed E-state index contributed by atoms with van der Waals surface area (Å²) in [5.41, 5.74) is 1.03. The highest BCUT2D eigenvalue weighted by molar-refractivity contribution is 5.39. The second-order valence-electron chi connectivity index (χ2n) is 4.60. The summed E-state index contributed by atoms with van der Waals surface area (Å²) in [5.74, 6) is 1.99. The fraction of sp³-hybridized carbons (Fsp3) is 0.400. The van der Waals surface area contributed by atoms with Gasteiger partial charge in [0, 0.05) is 32.4 Å². The van der Waals surface area contributed by atoms with Crippen molar-refractivity contribution in [3.63, 3.8) is 0 Å². The molecule has 0 atom stereocenters. The number of nitrogens with zero attached hydrogens (tertiary/aromatic N) is 3. The molecule has 1 heterocycles. The number of methoxy groups -OCH3 is 2. The molecular formula is C15H21N5O2. The molecule has 0 aliphatic heterocycles. The van der Waals surface area contributed by atoms with E-state index in [1.165, 1.54) is 0 Å². The summed E-state index contributed by atoms with van der Waals surface area (Å²) in [6.45, 7) is 2.06. The zero-order chi connectivity index (χ0) is 15.6. The van der Waals surface area contributed by atoms with E-state index in [0.29, 0.717) is 24.9 Å². The smallest absolute Gasteiger partial charge is 0.244 e. The molecule has 7 nitrogen and oxygen atoms in total. The number of para-hydroxylation sites is 1. The minimum Gasteiger partial charge on any atom is -0.496 e. The molecule has 0 fully saturated rings. The van der Waals surface area contributed by atoms with Crippen LogP contribution in [0.4, 0.5) is 11.8 Å². The molecule has 1 aromatic carbocycles. The number of hydrogen-bond donors (Lipinski definition) is 2. The number of ether oxygens (including phenoxy) is 2. The van der Waals surface area contributed by atoms with Gasteiger partial charge in [0.2, 0.25) is 5.95 Å². The highest BCUT2D eigenvalue weighted by Crippen LogP contribution is 2.18. The average molecular weight is 303 g/mol. The number of aromatic nitrogens is 3. The van der Waals surface area contributed by atoms with Gasteiger partial charge in [-0.1, -0.05) is 18.2 Å². The molecule has 2 N–H and O–H groups in total. The first-order chi connectivity index (χ1) is 10.8. The van der Waals surface area contributed by atoms with Crippen LogP contribution < -0.4 is 15.4 Å². The number of hydrogen-bond acceptors (Lipinski definition) is 7. The summed E-state index contributed by atoms with van der Waals surface area (Å²) >= 11 is 0. The van der Waals surface area contributed by atoms with Gasteiger partial charge in [0.15, 0.2) is 5.82 Å². The summed E-state index contributed by atoms with van der Waals surface area (Å²) in [4.78, 5) is 4.36. The molecule has 22 heavy (non-hydrogen) atoms. The van der Waals surface area contributed by atoms with Crippen LogP contribution in [0.15, 0.2) is 30.5 Å². The van der Waals surface area contributed by atoms with Crippen LogP contribution in [0.25, 0.3) is 0 Å². The zero-order valence-corrected chi connectivity index (χ0v) is 12.9. The lowest BCUT2D eigenvalue weighted by Gasteiger charge is -2.10. The van der Waals surface area contributed by atoms with Gasteiger partial charge < -0.3 is 20.1 Å². The fourth-order valence-corrected chi connectivity index (χ4v) is 1.92. The molecule has 0 unspecified atom stereocenters. The van der Waals surface area contributed by atoms with Gasteiger partial charge in [0.25, 0.3) is 0 Å². The Kier molecular flexibility index (Phi) is 6.38. The number of anilines is 2. The summed E-state index contributed by atoms with van der Waals surface area (Å²) in [6, 6.07) is 7.81. The van der Waals surface area contributed by atoms with E-state index in [4.69, 9.17) is 9.47 Å². The molecule has 118 valence electrons. The van der Waals surface area contributed by atoms with Gasteiger partial charge >= 0.3 is 0 Å². The molecule has 0 bridgehead atoms. The first-order valence-electron chi connectivity index (χ1n) is 7.12. The Morgan fingerprint density at radius 3 is 2.82 bits per heavy atom. The summed E-state index contributed by atoms with van der Waals surface area (Å²) in [6.07, 6.45) is 2.51. The van der Waals surface area contributed by atoms with E-state index < -0.39 is 0 Å². The predicted octanol–water partition coefficient (Wildman–Crippen LogP) is 1.94. The maximum absolute atomic E-state index is 5.31. The number of nitrogens with one attached hydrogen (secondary N) is 2. The van der Waals surface area contributed by atoms with Crippen LogP contribution in [0.3, 0.4) is 0 Å². The Balaban J connectivity index is 1.90. The third kappa shape index (κ3) is 4.85. The highest BCUT2D eigenvalue weighted by Gasteiger charge is 2.04. The lowest BCUT2D eigenvalue weighted by atomic mass is 10.2. The SMILES string of the molecule is COCCCNc1cnnc(NCc2ccccc2OC)n1.